The van der Waals surface area contributed by atoms with Crippen molar-refractivity contribution in [2.45, 2.75) is 38.6 Å². The van der Waals surface area contributed by atoms with Crippen LogP contribution in [0.25, 0.3) is 0 Å². The third-order valence-corrected chi connectivity index (χ3v) is 5.74. The van der Waals surface area contributed by atoms with Gasteiger partial charge in [-0.3, -0.25) is 0 Å². The molecule has 2 aromatic rings. The predicted molar refractivity (Wildman–Crippen MR) is 87.4 cm³/mol. The highest BCUT2D eigenvalue weighted by Crippen LogP contribution is 2.44. The van der Waals surface area contributed by atoms with Crippen LogP contribution in [-0.2, 0) is 18.4 Å². The van der Waals surface area contributed by atoms with E-state index in [0.29, 0.717) is 0 Å². The van der Waals surface area contributed by atoms with Crippen molar-refractivity contribution in [3.05, 3.63) is 44.9 Å². The minimum Gasteiger partial charge on any atom is -0.497 e. The zero-order chi connectivity index (χ0) is 15.0. The van der Waals surface area contributed by atoms with E-state index < -0.39 is 0 Å². The number of nitrogens with one attached hydrogen (secondary N) is 1. The smallest absolute Gasteiger partial charge is 0.119 e. The molecule has 0 spiro atoms. The van der Waals surface area contributed by atoms with E-state index in [2.05, 4.69) is 37.4 Å². The molecular weight excluding hydrogens is 280 g/mol. The molecule has 3 nitrogen and oxygen atoms in total. The Hall–Kier alpha value is -1.39. The van der Waals surface area contributed by atoms with Gasteiger partial charge in [0.2, 0.25) is 0 Å². The summed E-state index contributed by atoms with van der Waals surface area (Å²) < 4.78 is 5.42. The van der Waals surface area contributed by atoms with Crippen LogP contribution in [0.4, 0.5) is 0 Å². The second-order valence-corrected chi connectivity index (χ2v) is 6.76. The quantitative estimate of drug-likeness (QED) is 0.939. The zero-order valence-corrected chi connectivity index (χ0v) is 13.9. The van der Waals surface area contributed by atoms with Gasteiger partial charge in [0.25, 0.3) is 0 Å². The van der Waals surface area contributed by atoms with Crippen molar-refractivity contribution >= 4 is 11.3 Å². The number of fused-ring (bicyclic) bond motifs is 1. The Bertz CT molecular complexity index is 665. The van der Waals surface area contributed by atoms with Crippen molar-refractivity contribution in [2.75, 3.05) is 14.2 Å². The molecule has 1 unspecified atom stereocenters. The van der Waals surface area contributed by atoms with Crippen LogP contribution < -0.4 is 10.1 Å². The number of hydrogen-bond donors (Lipinski definition) is 1. The Balaban J connectivity index is 2.15. The van der Waals surface area contributed by atoms with Crippen molar-refractivity contribution in [3.8, 4) is 5.75 Å². The van der Waals surface area contributed by atoms with Gasteiger partial charge in [-0.15, -0.1) is 11.3 Å². The van der Waals surface area contributed by atoms with Gasteiger partial charge in [0.05, 0.1) is 18.3 Å². The van der Waals surface area contributed by atoms with Gasteiger partial charge in [0.1, 0.15) is 10.8 Å². The first kappa shape index (κ1) is 14.5. The minimum absolute atomic E-state index is 0.160. The molecule has 0 bridgehead atoms. The first-order chi connectivity index (χ1) is 10.1. The number of aromatic nitrogens is 1. The molecule has 0 amide bonds. The molecule has 1 heterocycles. The molecule has 0 aliphatic heterocycles. The third kappa shape index (κ3) is 2.17. The van der Waals surface area contributed by atoms with Crippen LogP contribution in [-0.4, -0.2) is 19.1 Å². The minimum atomic E-state index is -0.160. The molecule has 1 aliphatic rings. The molecule has 1 aromatic heterocycles. The predicted octanol–water partition coefficient (Wildman–Crippen LogP) is 3.43. The standard InChI is InChI=1S/C17H22N2OS/c1-5-15-11(2)21-16(19-15)17(18-3)9-8-12-6-7-13(20-4)10-14(12)17/h6-7,10,18H,5,8-9H2,1-4H3. The van der Waals surface area contributed by atoms with Gasteiger partial charge in [-0.05, 0) is 56.5 Å². The molecule has 1 N–H and O–H groups in total. The summed E-state index contributed by atoms with van der Waals surface area (Å²) in [5.41, 5.74) is 3.78. The van der Waals surface area contributed by atoms with Gasteiger partial charge in [-0.2, -0.15) is 0 Å². The van der Waals surface area contributed by atoms with E-state index in [0.717, 1.165) is 25.0 Å². The Morgan fingerprint density at radius 3 is 2.86 bits per heavy atom. The van der Waals surface area contributed by atoms with Crippen molar-refractivity contribution in [1.29, 1.82) is 0 Å². The SMILES string of the molecule is CCc1nc(C2(NC)CCc3ccc(OC)cc32)sc1C. The Labute approximate surface area is 130 Å². The number of aryl methyl sites for hydroxylation is 3. The summed E-state index contributed by atoms with van der Waals surface area (Å²) >= 11 is 1.82. The molecule has 21 heavy (non-hydrogen) atoms. The van der Waals surface area contributed by atoms with Crippen molar-refractivity contribution < 1.29 is 4.74 Å². The number of thiazole rings is 1. The van der Waals surface area contributed by atoms with E-state index in [4.69, 9.17) is 9.72 Å². The second kappa shape index (κ2) is 5.43. The first-order valence-corrected chi connectivity index (χ1v) is 8.29. The van der Waals surface area contributed by atoms with E-state index in [-0.39, 0.29) is 5.54 Å². The summed E-state index contributed by atoms with van der Waals surface area (Å²) in [6, 6.07) is 6.41. The van der Waals surface area contributed by atoms with Gasteiger partial charge in [0.15, 0.2) is 0 Å². The average Bonchev–Trinajstić information content (AvgIpc) is 3.07. The highest BCUT2D eigenvalue weighted by molar-refractivity contribution is 7.11. The lowest BCUT2D eigenvalue weighted by Gasteiger charge is -2.28. The van der Waals surface area contributed by atoms with E-state index in [1.165, 1.54) is 26.7 Å². The van der Waals surface area contributed by atoms with Crippen LogP contribution in [0.2, 0.25) is 0 Å². The van der Waals surface area contributed by atoms with Gasteiger partial charge in [-0.25, -0.2) is 4.98 Å². The van der Waals surface area contributed by atoms with Crippen LogP contribution in [0.5, 0.6) is 5.75 Å². The van der Waals surface area contributed by atoms with Crippen molar-refractivity contribution in [3.63, 3.8) is 0 Å². The summed E-state index contributed by atoms with van der Waals surface area (Å²) in [6.07, 6.45) is 3.13. The van der Waals surface area contributed by atoms with Crippen molar-refractivity contribution in [1.82, 2.24) is 10.3 Å². The summed E-state index contributed by atoms with van der Waals surface area (Å²) in [7, 11) is 3.76. The highest BCUT2D eigenvalue weighted by Gasteiger charge is 2.42. The normalized spacial score (nSPS) is 20.6. The summed E-state index contributed by atoms with van der Waals surface area (Å²) in [6.45, 7) is 4.34. The van der Waals surface area contributed by atoms with Gasteiger partial charge >= 0.3 is 0 Å². The Morgan fingerprint density at radius 1 is 1.43 bits per heavy atom. The highest BCUT2D eigenvalue weighted by atomic mass is 32.1. The number of ether oxygens (including phenoxy) is 1. The van der Waals surface area contributed by atoms with E-state index in [1.807, 2.05) is 18.4 Å². The number of hydrogen-bond acceptors (Lipinski definition) is 4. The molecule has 1 aromatic carbocycles. The summed E-state index contributed by atoms with van der Waals surface area (Å²) in [5, 5.41) is 4.74. The number of benzene rings is 1. The maximum Gasteiger partial charge on any atom is 0.119 e. The molecule has 1 aliphatic carbocycles. The molecule has 4 heteroatoms. The zero-order valence-electron chi connectivity index (χ0n) is 13.1. The number of rotatable bonds is 4. The van der Waals surface area contributed by atoms with Crippen LogP contribution in [0.1, 0.15) is 40.1 Å². The van der Waals surface area contributed by atoms with E-state index in [1.54, 1.807) is 7.11 Å². The lowest BCUT2D eigenvalue weighted by Crippen LogP contribution is -2.39. The molecule has 0 saturated heterocycles. The lowest BCUT2D eigenvalue weighted by molar-refractivity contribution is 0.407. The van der Waals surface area contributed by atoms with Gasteiger partial charge in [-0.1, -0.05) is 13.0 Å². The maximum atomic E-state index is 5.42. The molecular formula is C17H22N2OS. The van der Waals surface area contributed by atoms with Gasteiger partial charge in [0, 0.05) is 4.88 Å². The molecule has 0 fully saturated rings. The monoisotopic (exact) mass is 302 g/mol. The molecule has 1 atom stereocenters. The topological polar surface area (TPSA) is 34.2 Å². The average molecular weight is 302 g/mol. The Kier molecular flexibility index (Phi) is 3.76. The fourth-order valence-electron chi connectivity index (χ4n) is 3.28. The van der Waals surface area contributed by atoms with E-state index >= 15 is 0 Å². The van der Waals surface area contributed by atoms with Crippen LogP contribution in [0.15, 0.2) is 18.2 Å². The van der Waals surface area contributed by atoms with Crippen LogP contribution in [0.3, 0.4) is 0 Å². The third-order valence-electron chi connectivity index (χ3n) is 4.57. The van der Waals surface area contributed by atoms with E-state index in [9.17, 15) is 0 Å². The molecule has 0 radical (unpaired) electrons. The summed E-state index contributed by atoms with van der Waals surface area (Å²) in [5.74, 6) is 0.916. The number of methoxy groups -OCH3 is 1. The van der Waals surface area contributed by atoms with Crippen molar-refractivity contribution in [2.24, 2.45) is 0 Å². The largest absolute Gasteiger partial charge is 0.497 e. The fourth-order valence-corrected chi connectivity index (χ4v) is 4.52. The molecule has 112 valence electrons. The fraction of sp³-hybridized carbons (Fsp3) is 0.471. The maximum absolute atomic E-state index is 5.42. The van der Waals surface area contributed by atoms with Crippen LogP contribution in [0, 0.1) is 6.92 Å². The first-order valence-electron chi connectivity index (χ1n) is 7.47. The molecule has 3 rings (SSSR count). The van der Waals surface area contributed by atoms with Gasteiger partial charge < -0.3 is 10.1 Å². The lowest BCUT2D eigenvalue weighted by atomic mass is 9.92. The Morgan fingerprint density at radius 2 is 2.24 bits per heavy atom. The van der Waals surface area contributed by atoms with Crippen LogP contribution >= 0.6 is 11.3 Å². The number of nitrogens with zero attached hydrogens (tertiary/aromatic N) is 1. The molecule has 0 saturated carbocycles. The second-order valence-electron chi connectivity index (χ2n) is 5.55. The summed E-state index contributed by atoms with van der Waals surface area (Å²) in [4.78, 5) is 6.25.